The predicted octanol–water partition coefficient (Wildman–Crippen LogP) is 10.9. The first-order valence-corrected chi connectivity index (χ1v) is 26.7. The van der Waals surface area contributed by atoms with Gasteiger partial charge >= 0.3 is 12.4 Å². The summed E-state index contributed by atoms with van der Waals surface area (Å²) in [5.74, 6) is -6.68. The number of alkyl halides is 3. The molecule has 4 atom stereocenters. The third-order valence-corrected chi connectivity index (χ3v) is 18.7. The van der Waals surface area contributed by atoms with E-state index < -0.39 is 89.5 Å². The number of hydrogen-bond donors (Lipinski definition) is 1. The average molecular weight is 997 g/mol. The van der Waals surface area contributed by atoms with Gasteiger partial charge in [0.15, 0.2) is 31.2 Å². The molecule has 4 aliphatic rings. The lowest BCUT2D eigenvalue weighted by atomic mass is 9.58. The minimum atomic E-state index is -5.30. The summed E-state index contributed by atoms with van der Waals surface area (Å²) >= 11 is 0. The molecule has 71 heavy (non-hydrogen) atoms. The SMILES string of the molecule is C=CCN(CC=C)[C@@H]1c2onc(OCc3ccccc3)c2C(=O)[C@@]2(O[Si](C)(C)C(C)(C)C)C(O)=C3C(=O)c4c(c(OC(F)(F)F)cc(N5C(=O)CN(CCCC)C5=O)c4OCc4ccccc4)C[C@H]3C[C@@H]12. The number of allylic oxidation sites excluding steroid dienone is 1. The first kappa shape index (κ1) is 50.9. The van der Waals surface area contributed by atoms with E-state index in [0.29, 0.717) is 23.3 Å². The number of rotatable bonds is 18. The van der Waals surface area contributed by atoms with Crippen molar-refractivity contribution in [3.05, 3.63) is 137 Å². The number of hydrogen-bond acceptors (Lipinski definition) is 12. The van der Waals surface area contributed by atoms with E-state index in [9.17, 15) is 27.9 Å². The van der Waals surface area contributed by atoms with Crippen LogP contribution in [0, 0.1) is 11.8 Å². The summed E-state index contributed by atoms with van der Waals surface area (Å²) in [5, 5.41) is 17.1. The molecule has 0 spiro atoms. The monoisotopic (exact) mass is 996 g/mol. The molecule has 1 fully saturated rings. The molecule has 2 heterocycles. The smallest absolute Gasteiger partial charge is 0.508 e. The predicted molar refractivity (Wildman–Crippen MR) is 260 cm³/mol. The number of ether oxygens (including phenoxy) is 3. The molecule has 3 aromatic carbocycles. The van der Waals surface area contributed by atoms with Crippen LogP contribution in [0.4, 0.5) is 23.7 Å². The summed E-state index contributed by atoms with van der Waals surface area (Å²) in [7, 11) is -3.22. The van der Waals surface area contributed by atoms with Crippen LogP contribution in [0.1, 0.15) is 96.2 Å². The lowest BCUT2D eigenvalue weighted by Gasteiger charge is -2.55. The van der Waals surface area contributed by atoms with Crippen molar-refractivity contribution in [1.82, 2.24) is 15.0 Å². The molecule has 0 saturated carbocycles. The molecule has 4 aromatic rings. The fourth-order valence-corrected chi connectivity index (χ4v) is 11.4. The number of anilines is 1. The second-order valence-corrected chi connectivity index (χ2v) is 24.6. The summed E-state index contributed by atoms with van der Waals surface area (Å²) in [5.41, 5.74) is -2.54. The zero-order chi connectivity index (χ0) is 51.2. The summed E-state index contributed by atoms with van der Waals surface area (Å²) in [6, 6.07) is 17.0. The molecular formula is C53H59F3N4O10Si. The van der Waals surface area contributed by atoms with Crippen molar-refractivity contribution in [2.75, 3.05) is 31.1 Å². The second kappa shape index (κ2) is 19.6. The van der Waals surface area contributed by atoms with E-state index in [0.717, 1.165) is 11.6 Å². The van der Waals surface area contributed by atoms with E-state index in [1.807, 2.05) is 76.0 Å². The normalized spacial score (nSPS) is 21.2. The third-order valence-electron chi connectivity index (χ3n) is 14.3. The number of carbonyl (C=O) groups is 4. The van der Waals surface area contributed by atoms with Gasteiger partial charge in [0.1, 0.15) is 42.5 Å². The number of unbranched alkanes of at least 4 members (excludes halogenated alkanes) is 1. The molecule has 0 radical (unpaired) electrons. The zero-order valence-corrected chi connectivity index (χ0v) is 41.8. The lowest BCUT2D eigenvalue weighted by molar-refractivity contribution is -0.275. The van der Waals surface area contributed by atoms with Gasteiger partial charge in [-0.25, -0.2) is 9.69 Å². The van der Waals surface area contributed by atoms with Crippen LogP contribution >= 0.6 is 0 Å². The van der Waals surface area contributed by atoms with Crippen LogP contribution in [-0.2, 0) is 28.9 Å². The van der Waals surface area contributed by atoms with E-state index in [1.165, 1.54) is 4.90 Å². The Kier molecular flexibility index (Phi) is 14.0. The number of amides is 3. The Hall–Kier alpha value is -6.50. The summed E-state index contributed by atoms with van der Waals surface area (Å²) in [6.45, 7) is 19.5. The summed E-state index contributed by atoms with van der Waals surface area (Å²) in [4.78, 5) is 63.8. The molecule has 1 aliphatic heterocycles. The molecule has 0 bridgehead atoms. The average Bonchev–Trinajstić information content (AvgIpc) is 3.86. The molecule has 3 aliphatic carbocycles. The number of urea groups is 1. The topological polar surface area (TPSA) is 161 Å². The summed E-state index contributed by atoms with van der Waals surface area (Å²) in [6.07, 6.45) is -1.22. The fraction of sp³-hybridized carbons (Fsp3) is 0.415. The molecule has 376 valence electrons. The van der Waals surface area contributed by atoms with Gasteiger partial charge in [-0.3, -0.25) is 19.3 Å². The van der Waals surface area contributed by atoms with E-state index in [2.05, 4.69) is 18.3 Å². The van der Waals surface area contributed by atoms with Crippen molar-refractivity contribution >= 4 is 37.5 Å². The number of carbonyl (C=O) groups excluding carboxylic acids is 4. The Morgan fingerprint density at radius 3 is 2.14 bits per heavy atom. The zero-order valence-electron chi connectivity index (χ0n) is 40.8. The Labute approximate surface area is 411 Å². The maximum Gasteiger partial charge on any atom is 0.573 e. The van der Waals surface area contributed by atoms with E-state index in [4.69, 9.17) is 23.2 Å². The highest BCUT2D eigenvalue weighted by Crippen LogP contribution is 2.61. The minimum absolute atomic E-state index is 0.0144. The van der Waals surface area contributed by atoms with Gasteiger partial charge in [-0.15, -0.1) is 26.3 Å². The van der Waals surface area contributed by atoms with Crippen molar-refractivity contribution in [3.63, 3.8) is 0 Å². The largest absolute Gasteiger partial charge is 0.573 e. The third kappa shape index (κ3) is 9.32. The standard InChI is InChI=1S/C53H59F3N4O10Si/c1-9-12-25-59-29-39(61)60(50(59)65)37-28-38(68-53(54,55)56)35-26-34-27-36-43(58(23-10-2)24-11-3)46-42(49(57-69-46)67-31-33-21-17-14-18-22-33)48(64)52(36,70-71(7,8)51(4,5)6)47(63)40(34)44(62)41(35)45(37)66-30-32-19-15-13-16-20-32/h10-11,13-22,28,34,36,43,63H,2-3,9,12,23-27,29-31H2,1,4-8H3/t34-,36-,43-,52-/m0/s1. The highest BCUT2D eigenvalue weighted by molar-refractivity contribution is 6.74. The number of ketones is 2. The number of imide groups is 1. The lowest BCUT2D eigenvalue weighted by Crippen LogP contribution is -2.65. The Balaban J connectivity index is 1.40. The molecule has 1 aromatic heterocycles. The number of benzene rings is 3. The van der Waals surface area contributed by atoms with Gasteiger partial charge in [-0.2, -0.15) is 0 Å². The van der Waals surface area contributed by atoms with Crippen molar-refractivity contribution in [3.8, 4) is 17.4 Å². The molecule has 0 unspecified atom stereocenters. The van der Waals surface area contributed by atoms with Crippen LogP contribution in [0.3, 0.4) is 0 Å². The number of aliphatic hydroxyl groups is 1. The van der Waals surface area contributed by atoms with E-state index in [-0.39, 0.29) is 86.3 Å². The van der Waals surface area contributed by atoms with Gasteiger partial charge in [-0.1, -0.05) is 107 Å². The quantitative estimate of drug-likeness (QED) is 0.0571. The van der Waals surface area contributed by atoms with Gasteiger partial charge in [0.2, 0.25) is 5.78 Å². The number of Topliss-reactive ketones (excluding diaryl/α,β-unsaturated/α-hetero) is 2. The minimum Gasteiger partial charge on any atom is -0.508 e. The van der Waals surface area contributed by atoms with Crippen molar-refractivity contribution in [1.29, 1.82) is 0 Å². The highest BCUT2D eigenvalue weighted by Gasteiger charge is 2.68. The number of aromatic nitrogens is 1. The number of aliphatic hydroxyl groups excluding tert-OH is 1. The first-order valence-electron chi connectivity index (χ1n) is 23.8. The van der Waals surface area contributed by atoms with Gasteiger partial charge in [0, 0.05) is 42.8 Å². The molecular weight excluding hydrogens is 938 g/mol. The molecule has 8 rings (SSSR count). The van der Waals surface area contributed by atoms with Gasteiger partial charge < -0.3 is 33.2 Å². The second-order valence-electron chi connectivity index (χ2n) is 19.9. The maximum absolute atomic E-state index is 16.0. The van der Waals surface area contributed by atoms with Crippen molar-refractivity contribution in [2.24, 2.45) is 11.8 Å². The Morgan fingerprint density at radius 2 is 1.56 bits per heavy atom. The van der Waals surface area contributed by atoms with Crippen LogP contribution in [0.15, 0.2) is 108 Å². The Bertz CT molecular complexity index is 2760. The summed E-state index contributed by atoms with van der Waals surface area (Å²) < 4.78 is 74.8. The molecule has 1 saturated heterocycles. The van der Waals surface area contributed by atoms with Crippen LogP contribution in [0.25, 0.3) is 0 Å². The maximum atomic E-state index is 16.0. The van der Waals surface area contributed by atoms with Gasteiger partial charge in [0.05, 0.1) is 11.6 Å². The van der Waals surface area contributed by atoms with Crippen LogP contribution in [-0.4, -0.2) is 90.0 Å². The number of nitrogens with zero attached hydrogens (tertiary/aromatic N) is 4. The van der Waals surface area contributed by atoms with Gasteiger partial charge in [0.25, 0.3) is 11.8 Å². The van der Waals surface area contributed by atoms with Crippen molar-refractivity contribution in [2.45, 2.75) is 103 Å². The van der Waals surface area contributed by atoms with Crippen molar-refractivity contribution < 1.29 is 60.6 Å². The van der Waals surface area contributed by atoms with Gasteiger partial charge in [-0.05, 0) is 59.6 Å². The Morgan fingerprint density at radius 1 is 0.944 bits per heavy atom. The number of halogens is 3. The van der Waals surface area contributed by atoms with Crippen LogP contribution in [0.5, 0.6) is 17.4 Å². The first-order chi connectivity index (χ1) is 33.7. The highest BCUT2D eigenvalue weighted by atomic mass is 28.4. The molecule has 1 N–H and O–H groups in total. The van der Waals surface area contributed by atoms with E-state index >= 15 is 9.59 Å². The molecule has 3 amide bonds. The number of fused-ring (bicyclic) bond motifs is 4. The fourth-order valence-electron chi connectivity index (χ4n) is 9.99. The van der Waals surface area contributed by atoms with Crippen LogP contribution in [0.2, 0.25) is 18.1 Å². The van der Waals surface area contributed by atoms with Crippen LogP contribution < -0.4 is 19.1 Å². The molecule has 14 nitrogen and oxygen atoms in total. The van der Waals surface area contributed by atoms with E-state index in [1.54, 1.807) is 42.5 Å². The molecule has 18 heteroatoms.